The van der Waals surface area contributed by atoms with Crippen LogP contribution in [0.2, 0.25) is 0 Å². The molecule has 3 unspecified atom stereocenters. The molecule has 27 heavy (non-hydrogen) atoms. The highest BCUT2D eigenvalue weighted by Crippen LogP contribution is 2.53. The van der Waals surface area contributed by atoms with Gasteiger partial charge in [0.25, 0.3) is 0 Å². The van der Waals surface area contributed by atoms with Gasteiger partial charge in [-0.15, -0.1) is 0 Å². The van der Waals surface area contributed by atoms with Crippen LogP contribution in [-0.4, -0.2) is 30.5 Å². The lowest BCUT2D eigenvalue weighted by molar-refractivity contribution is -0.153. The highest BCUT2D eigenvalue weighted by Gasteiger charge is 2.50. The summed E-state index contributed by atoms with van der Waals surface area (Å²) in [5, 5.41) is 0. The minimum atomic E-state index is -0.0673. The Morgan fingerprint density at radius 3 is 2.52 bits per heavy atom. The zero-order valence-corrected chi connectivity index (χ0v) is 17.0. The first-order valence-electron chi connectivity index (χ1n) is 11.0. The Labute approximate surface area is 164 Å². The van der Waals surface area contributed by atoms with Crippen LogP contribution in [0.15, 0.2) is 30.3 Å². The minimum Gasteiger partial charge on any atom is -0.493 e. The fraction of sp³-hybridized carbons (Fsp3) is 0.708. The normalized spacial score (nSPS) is 36.3. The first-order chi connectivity index (χ1) is 13.0. The van der Waals surface area contributed by atoms with E-state index in [9.17, 15) is 4.79 Å². The molecule has 1 aromatic carbocycles. The van der Waals surface area contributed by atoms with E-state index in [1.54, 1.807) is 0 Å². The molecular weight excluding hydrogens is 334 g/mol. The van der Waals surface area contributed by atoms with Crippen LogP contribution in [-0.2, 0) is 4.79 Å². The Morgan fingerprint density at radius 1 is 1.11 bits per heavy atom. The number of benzene rings is 1. The molecule has 1 aromatic rings. The topological polar surface area (TPSA) is 29.5 Å². The number of carbonyl (C=O) groups excluding carboxylic acids is 1. The van der Waals surface area contributed by atoms with Gasteiger partial charge in [-0.05, 0) is 74.8 Å². The number of nitrogens with zero attached hydrogens (tertiary/aromatic N) is 1. The van der Waals surface area contributed by atoms with Gasteiger partial charge in [-0.1, -0.05) is 32.0 Å². The molecule has 0 spiro atoms. The molecule has 1 saturated heterocycles. The average molecular weight is 370 g/mol. The van der Waals surface area contributed by atoms with Crippen LogP contribution < -0.4 is 4.74 Å². The van der Waals surface area contributed by atoms with Gasteiger partial charge in [0, 0.05) is 19.0 Å². The molecule has 4 rings (SSSR count). The van der Waals surface area contributed by atoms with Gasteiger partial charge in [-0.3, -0.25) is 4.79 Å². The van der Waals surface area contributed by atoms with Crippen LogP contribution in [0.3, 0.4) is 0 Å². The number of fused-ring (bicyclic) bond motifs is 2. The Hall–Kier alpha value is -1.51. The largest absolute Gasteiger partial charge is 0.493 e. The smallest absolute Gasteiger partial charge is 0.228 e. The van der Waals surface area contributed by atoms with Gasteiger partial charge in [-0.25, -0.2) is 0 Å². The third-order valence-electron chi connectivity index (χ3n) is 7.12. The second-order valence-corrected chi connectivity index (χ2v) is 9.82. The average Bonchev–Trinajstić information content (AvgIpc) is 2.65. The molecule has 2 saturated carbocycles. The molecule has 0 radical (unpaired) electrons. The molecule has 3 heteroatoms. The van der Waals surface area contributed by atoms with Gasteiger partial charge in [0.05, 0.1) is 12.0 Å². The van der Waals surface area contributed by atoms with Gasteiger partial charge < -0.3 is 9.64 Å². The third-order valence-corrected chi connectivity index (χ3v) is 7.12. The first-order valence-corrected chi connectivity index (χ1v) is 11.0. The van der Waals surface area contributed by atoms with Crippen molar-refractivity contribution in [2.24, 2.45) is 29.1 Å². The SMILES string of the molecule is CC1CC2CC(C)CC(C(=O)N3CCCC(COc4ccccc4)C3)(C1)C2. The summed E-state index contributed by atoms with van der Waals surface area (Å²) in [5.74, 6) is 4.02. The summed E-state index contributed by atoms with van der Waals surface area (Å²) >= 11 is 0. The molecule has 1 heterocycles. The predicted octanol–water partition coefficient (Wildman–Crippen LogP) is 5.16. The Morgan fingerprint density at radius 2 is 1.81 bits per heavy atom. The fourth-order valence-electron chi connectivity index (χ4n) is 6.42. The van der Waals surface area contributed by atoms with Crippen molar-refractivity contribution in [3.8, 4) is 5.75 Å². The molecule has 3 nitrogen and oxygen atoms in total. The molecule has 0 aromatic heterocycles. The van der Waals surface area contributed by atoms with Crippen LogP contribution in [0.25, 0.3) is 0 Å². The van der Waals surface area contributed by atoms with Crippen molar-refractivity contribution in [2.45, 2.75) is 58.8 Å². The Balaban J connectivity index is 1.40. The number of para-hydroxylation sites is 1. The van der Waals surface area contributed by atoms with Crippen molar-refractivity contribution < 1.29 is 9.53 Å². The lowest BCUT2D eigenvalue weighted by Gasteiger charge is -2.51. The zero-order valence-electron chi connectivity index (χ0n) is 17.0. The minimum absolute atomic E-state index is 0.0673. The number of likely N-dealkylation sites (tertiary alicyclic amines) is 1. The van der Waals surface area contributed by atoms with E-state index >= 15 is 0 Å². The number of hydrogen-bond acceptors (Lipinski definition) is 2. The summed E-state index contributed by atoms with van der Waals surface area (Å²) in [6.07, 6.45) is 8.28. The van der Waals surface area contributed by atoms with Crippen LogP contribution in [0.5, 0.6) is 5.75 Å². The Bertz CT molecular complexity index is 624. The van der Waals surface area contributed by atoms with E-state index in [1.165, 1.54) is 19.3 Å². The monoisotopic (exact) mass is 369 g/mol. The number of rotatable bonds is 4. The molecular formula is C24H35NO2. The van der Waals surface area contributed by atoms with E-state index in [4.69, 9.17) is 4.74 Å². The van der Waals surface area contributed by atoms with E-state index in [0.29, 0.717) is 23.7 Å². The van der Waals surface area contributed by atoms with E-state index < -0.39 is 0 Å². The lowest BCUT2D eigenvalue weighted by atomic mass is 9.56. The van der Waals surface area contributed by atoms with Crippen molar-refractivity contribution in [1.29, 1.82) is 0 Å². The summed E-state index contributed by atoms with van der Waals surface area (Å²) < 4.78 is 5.99. The van der Waals surface area contributed by atoms with Crippen LogP contribution in [0, 0.1) is 29.1 Å². The maximum atomic E-state index is 13.7. The standard InChI is InChI=1S/C24H35NO2/c1-18-11-21-12-19(2)14-24(13-18,15-21)23(26)25-10-6-7-20(16-25)17-27-22-8-4-3-5-9-22/h3-5,8-9,18-21H,6-7,10-17H2,1-2H3. The molecule has 0 N–H and O–H groups in total. The quantitative estimate of drug-likeness (QED) is 0.734. The second-order valence-electron chi connectivity index (χ2n) is 9.82. The number of hydrogen-bond donors (Lipinski definition) is 0. The highest BCUT2D eigenvalue weighted by atomic mass is 16.5. The van der Waals surface area contributed by atoms with E-state index in [2.05, 4.69) is 18.7 Å². The van der Waals surface area contributed by atoms with Crippen molar-refractivity contribution in [3.63, 3.8) is 0 Å². The second kappa shape index (κ2) is 7.85. The van der Waals surface area contributed by atoms with Crippen LogP contribution in [0.1, 0.15) is 58.8 Å². The Kier molecular flexibility index (Phi) is 5.48. The molecule has 3 atom stereocenters. The van der Waals surface area contributed by atoms with Gasteiger partial charge in [0.2, 0.25) is 5.91 Å². The van der Waals surface area contributed by atoms with Crippen LogP contribution >= 0.6 is 0 Å². The summed E-state index contributed by atoms with van der Waals surface area (Å²) in [4.78, 5) is 15.9. The lowest BCUT2D eigenvalue weighted by Crippen LogP contribution is -2.53. The maximum Gasteiger partial charge on any atom is 0.228 e. The molecule has 1 amide bonds. The summed E-state index contributed by atoms with van der Waals surface area (Å²) in [6.45, 7) is 7.25. The maximum absolute atomic E-state index is 13.7. The number of carbonyl (C=O) groups is 1. The van der Waals surface area contributed by atoms with Crippen LogP contribution in [0.4, 0.5) is 0 Å². The number of amides is 1. The molecule has 2 bridgehead atoms. The molecule has 1 aliphatic heterocycles. The van der Waals surface area contributed by atoms with Gasteiger partial charge >= 0.3 is 0 Å². The van der Waals surface area contributed by atoms with E-state index in [0.717, 1.165) is 57.0 Å². The van der Waals surface area contributed by atoms with Crippen molar-refractivity contribution in [1.82, 2.24) is 4.90 Å². The summed E-state index contributed by atoms with van der Waals surface area (Å²) in [7, 11) is 0. The highest BCUT2D eigenvalue weighted by molar-refractivity contribution is 5.83. The van der Waals surface area contributed by atoms with Gasteiger partial charge in [0.1, 0.15) is 5.75 Å². The summed E-state index contributed by atoms with van der Waals surface area (Å²) in [6, 6.07) is 10.1. The first kappa shape index (κ1) is 18.8. The number of ether oxygens (including phenoxy) is 1. The molecule has 2 aliphatic carbocycles. The van der Waals surface area contributed by atoms with Gasteiger partial charge in [-0.2, -0.15) is 0 Å². The summed E-state index contributed by atoms with van der Waals surface area (Å²) in [5.41, 5.74) is -0.0673. The van der Waals surface area contributed by atoms with E-state index in [1.807, 2.05) is 30.3 Å². The number of piperidine rings is 1. The molecule has 3 fully saturated rings. The third kappa shape index (κ3) is 4.17. The van der Waals surface area contributed by atoms with Gasteiger partial charge in [0.15, 0.2) is 0 Å². The molecule has 148 valence electrons. The van der Waals surface area contributed by atoms with E-state index in [-0.39, 0.29) is 5.41 Å². The zero-order chi connectivity index (χ0) is 18.9. The predicted molar refractivity (Wildman–Crippen MR) is 109 cm³/mol. The van der Waals surface area contributed by atoms with Crippen molar-refractivity contribution in [2.75, 3.05) is 19.7 Å². The fourth-order valence-corrected chi connectivity index (χ4v) is 6.42. The van der Waals surface area contributed by atoms with Crippen molar-refractivity contribution in [3.05, 3.63) is 30.3 Å². The molecule has 3 aliphatic rings. The van der Waals surface area contributed by atoms with Crippen molar-refractivity contribution >= 4 is 5.91 Å².